The zero-order chi connectivity index (χ0) is 9.26. The maximum atomic E-state index is 7.17. The van der Waals surface area contributed by atoms with Crippen molar-refractivity contribution in [1.29, 1.82) is 5.41 Å². The average molecular weight is 181 g/mol. The minimum Gasteiger partial charge on any atom is -0.388 e. The first-order chi connectivity index (χ1) is 6.25. The lowest BCUT2D eigenvalue weighted by atomic mass is 10.0. The van der Waals surface area contributed by atoms with Crippen LogP contribution in [-0.2, 0) is 0 Å². The van der Waals surface area contributed by atoms with E-state index in [2.05, 4.69) is 4.90 Å². The lowest BCUT2D eigenvalue weighted by molar-refractivity contribution is 0.320. The molecule has 3 heteroatoms. The highest BCUT2D eigenvalue weighted by atomic mass is 15.2. The molecular weight excluding hydrogens is 162 g/mol. The monoisotopic (exact) mass is 181 g/mol. The van der Waals surface area contributed by atoms with Crippen molar-refractivity contribution in [3.63, 3.8) is 0 Å². The van der Waals surface area contributed by atoms with Crippen LogP contribution in [0.3, 0.4) is 0 Å². The number of nitrogens with two attached hydrogens (primary N) is 1. The molecule has 2 fully saturated rings. The first-order valence-corrected chi connectivity index (χ1v) is 5.31. The molecule has 0 spiro atoms. The second kappa shape index (κ2) is 3.66. The Kier molecular flexibility index (Phi) is 2.54. The Hall–Kier alpha value is -0.570. The second-order valence-electron chi connectivity index (χ2n) is 4.49. The molecule has 1 aliphatic carbocycles. The zero-order valence-corrected chi connectivity index (χ0v) is 8.13. The molecule has 1 saturated carbocycles. The quantitative estimate of drug-likeness (QED) is 0.505. The molecule has 0 aromatic carbocycles. The molecular formula is C10H19N3. The van der Waals surface area contributed by atoms with E-state index in [9.17, 15) is 0 Å². The van der Waals surface area contributed by atoms with Crippen molar-refractivity contribution in [2.75, 3.05) is 19.6 Å². The minimum atomic E-state index is 0.331. The number of rotatable bonds is 3. The Balaban J connectivity index is 1.75. The van der Waals surface area contributed by atoms with E-state index in [1.807, 2.05) is 0 Å². The third kappa shape index (κ3) is 2.02. The smallest absolute Gasteiger partial charge is 0.0918 e. The van der Waals surface area contributed by atoms with E-state index in [-0.39, 0.29) is 0 Å². The lowest BCUT2D eigenvalue weighted by Gasteiger charge is -2.15. The summed E-state index contributed by atoms with van der Waals surface area (Å²) in [6.07, 6.45) is 5.05. The summed E-state index contributed by atoms with van der Waals surface area (Å²) in [5.74, 6) is 2.26. The molecule has 1 heterocycles. The number of hydrogen-bond donors (Lipinski definition) is 2. The average Bonchev–Trinajstić information content (AvgIpc) is 2.58. The normalized spacial score (nSPS) is 33.5. The highest BCUT2D eigenvalue weighted by molar-refractivity contribution is 5.76. The molecule has 2 atom stereocenters. The summed E-state index contributed by atoms with van der Waals surface area (Å²) in [6.45, 7) is 3.53. The fourth-order valence-corrected chi connectivity index (χ4v) is 2.79. The van der Waals surface area contributed by atoms with Gasteiger partial charge >= 0.3 is 0 Å². The van der Waals surface area contributed by atoms with Gasteiger partial charge in [0.25, 0.3) is 0 Å². The van der Waals surface area contributed by atoms with Crippen molar-refractivity contribution in [3.8, 4) is 0 Å². The predicted octanol–water partition coefficient (Wildman–Crippen LogP) is 1.04. The summed E-state index contributed by atoms with van der Waals surface area (Å²) < 4.78 is 0. The van der Waals surface area contributed by atoms with E-state index in [1.54, 1.807) is 0 Å². The number of fused-ring (bicyclic) bond motifs is 1. The third-order valence-electron chi connectivity index (χ3n) is 3.50. The molecule has 2 unspecified atom stereocenters. The predicted molar refractivity (Wildman–Crippen MR) is 53.8 cm³/mol. The molecule has 1 saturated heterocycles. The lowest BCUT2D eigenvalue weighted by Crippen LogP contribution is -2.26. The van der Waals surface area contributed by atoms with Crippen molar-refractivity contribution >= 4 is 5.84 Å². The first kappa shape index (κ1) is 9.00. The summed E-state index contributed by atoms with van der Waals surface area (Å²) in [5.41, 5.74) is 5.34. The topological polar surface area (TPSA) is 53.1 Å². The third-order valence-corrected chi connectivity index (χ3v) is 3.50. The molecule has 2 rings (SSSR count). The van der Waals surface area contributed by atoms with Crippen LogP contribution < -0.4 is 5.73 Å². The summed E-state index contributed by atoms with van der Waals surface area (Å²) in [4.78, 5) is 2.48. The molecule has 2 aliphatic rings. The Bertz CT molecular complexity index is 190. The summed E-state index contributed by atoms with van der Waals surface area (Å²) in [7, 11) is 0. The van der Waals surface area contributed by atoms with Gasteiger partial charge in [0.2, 0.25) is 0 Å². The molecule has 13 heavy (non-hydrogen) atoms. The van der Waals surface area contributed by atoms with Gasteiger partial charge in [-0.2, -0.15) is 0 Å². The number of nitrogens with one attached hydrogen (secondary N) is 1. The van der Waals surface area contributed by atoms with E-state index in [4.69, 9.17) is 11.1 Å². The highest BCUT2D eigenvalue weighted by Gasteiger charge is 2.35. The van der Waals surface area contributed by atoms with Gasteiger partial charge in [-0.25, -0.2) is 0 Å². The molecule has 0 radical (unpaired) electrons. The summed E-state index contributed by atoms with van der Waals surface area (Å²) in [5, 5.41) is 7.17. The SMILES string of the molecule is N=C(N)CCN1CC2CCCC2C1. The van der Waals surface area contributed by atoms with Crippen molar-refractivity contribution < 1.29 is 0 Å². The molecule has 3 nitrogen and oxygen atoms in total. The molecule has 0 aromatic heterocycles. The van der Waals surface area contributed by atoms with Crippen LogP contribution >= 0.6 is 0 Å². The zero-order valence-electron chi connectivity index (χ0n) is 8.13. The molecule has 0 aromatic rings. The van der Waals surface area contributed by atoms with Crippen LogP contribution in [0.15, 0.2) is 0 Å². The Labute approximate surface area is 79.8 Å². The van der Waals surface area contributed by atoms with Gasteiger partial charge in [-0.1, -0.05) is 6.42 Å². The largest absolute Gasteiger partial charge is 0.388 e. The van der Waals surface area contributed by atoms with Crippen LogP contribution in [0.25, 0.3) is 0 Å². The Morgan fingerprint density at radius 2 is 1.92 bits per heavy atom. The van der Waals surface area contributed by atoms with Gasteiger partial charge in [-0.15, -0.1) is 0 Å². The summed E-state index contributed by atoms with van der Waals surface area (Å²) in [6, 6.07) is 0. The van der Waals surface area contributed by atoms with Crippen LogP contribution in [0, 0.1) is 17.2 Å². The number of likely N-dealkylation sites (tertiary alicyclic amines) is 1. The second-order valence-corrected chi connectivity index (χ2v) is 4.49. The van der Waals surface area contributed by atoms with E-state index in [0.29, 0.717) is 5.84 Å². The number of hydrogen-bond acceptors (Lipinski definition) is 2. The number of nitrogens with zero attached hydrogens (tertiary/aromatic N) is 1. The molecule has 74 valence electrons. The van der Waals surface area contributed by atoms with Gasteiger partial charge in [0, 0.05) is 26.1 Å². The fraction of sp³-hybridized carbons (Fsp3) is 0.900. The van der Waals surface area contributed by atoms with Gasteiger partial charge in [0.05, 0.1) is 5.84 Å². The Morgan fingerprint density at radius 1 is 1.31 bits per heavy atom. The van der Waals surface area contributed by atoms with Crippen molar-refractivity contribution in [1.82, 2.24) is 4.90 Å². The van der Waals surface area contributed by atoms with Crippen LogP contribution in [0.5, 0.6) is 0 Å². The van der Waals surface area contributed by atoms with E-state index in [1.165, 1.54) is 32.4 Å². The van der Waals surface area contributed by atoms with Gasteiger partial charge in [0.15, 0.2) is 0 Å². The standard InChI is InChI=1S/C10H19N3/c11-10(12)4-5-13-6-8-2-1-3-9(8)7-13/h8-9H,1-7H2,(H3,11,12). The van der Waals surface area contributed by atoms with Crippen LogP contribution in [0.1, 0.15) is 25.7 Å². The Morgan fingerprint density at radius 3 is 2.46 bits per heavy atom. The maximum absolute atomic E-state index is 7.17. The van der Waals surface area contributed by atoms with Crippen molar-refractivity contribution in [2.24, 2.45) is 17.6 Å². The van der Waals surface area contributed by atoms with Crippen LogP contribution in [0.2, 0.25) is 0 Å². The van der Waals surface area contributed by atoms with Crippen molar-refractivity contribution in [2.45, 2.75) is 25.7 Å². The van der Waals surface area contributed by atoms with Gasteiger partial charge in [-0.05, 0) is 24.7 Å². The molecule has 1 aliphatic heterocycles. The minimum absolute atomic E-state index is 0.331. The number of amidine groups is 1. The van der Waals surface area contributed by atoms with Gasteiger partial charge in [-0.3, -0.25) is 5.41 Å². The summed E-state index contributed by atoms with van der Waals surface area (Å²) >= 11 is 0. The van der Waals surface area contributed by atoms with E-state index in [0.717, 1.165) is 24.8 Å². The van der Waals surface area contributed by atoms with E-state index < -0.39 is 0 Å². The molecule has 3 N–H and O–H groups in total. The van der Waals surface area contributed by atoms with Crippen molar-refractivity contribution in [3.05, 3.63) is 0 Å². The van der Waals surface area contributed by atoms with Crippen LogP contribution in [0.4, 0.5) is 0 Å². The van der Waals surface area contributed by atoms with E-state index >= 15 is 0 Å². The maximum Gasteiger partial charge on any atom is 0.0918 e. The first-order valence-electron chi connectivity index (χ1n) is 5.31. The van der Waals surface area contributed by atoms with Crippen LogP contribution in [-0.4, -0.2) is 30.4 Å². The van der Waals surface area contributed by atoms with Gasteiger partial charge < -0.3 is 10.6 Å². The fourth-order valence-electron chi connectivity index (χ4n) is 2.79. The molecule has 0 amide bonds. The highest BCUT2D eigenvalue weighted by Crippen LogP contribution is 2.37. The van der Waals surface area contributed by atoms with Gasteiger partial charge in [0.1, 0.15) is 0 Å². The molecule has 0 bridgehead atoms.